The van der Waals surface area contributed by atoms with Crippen molar-refractivity contribution in [3.63, 3.8) is 0 Å². The molecule has 0 aromatic heterocycles. The second kappa shape index (κ2) is 7.92. The van der Waals surface area contributed by atoms with Crippen LogP contribution < -0.4 is 11.1 Å². The van der Waals surface area contributed by atoms with Crippen LogP contribution in [0.2, 0.25) is 0 Å². The highest BCUT2D eigenvalue weighted by atomic mass is 19.1. The minimum atomic E-state index is -0.702. The lowest BCUT2D eigenvalue weighted by Gasteiger charge is -2.06. The normalized spacial score (nSPS) is 9.35. The van der Waals surface area contributed by atoms with Gasteiger partial charge < -0.3 is 15.8 Å². The van der Waals surface area contributed by atoms with E-state index in [-0.39, 0.29) is 25.3 Å². The monoisotopic (exact) mass is 278 g/mol. The number of halogens is 1. The number of carbonyl (C=O) groups is 2. The number of hydrogen-bond donors (Lipinski definition) is 2. The van der Waals surface area contributed by atoms with Crippen molar-refractivity contribution >= 4 is 11.9 Å². The summed E-state index contributed by atoms with van der Waals surface area (Å²) in [4.78, 5) is 22.9. The third kappa shape index (κ3) is 4.71. The van der Waals surface area contributed by atoms with E-state index in [1.54, 1.807) is 6.92 Å². The first-order valence-corrected chi connectivity index (χ1v) is 6.00. The maximum Gasteiger partial charge on any atom is 0.325 e. The number of rotatable bonds is 4. The second-order valence-corrected chi connectivity index (χ2v) is 3.69. The van der Waals surface area contributed by atoms with E-state index in [0.717, 1.165) is 6.07 Å². The van der Waals surface area contributed by atoms with Crippen molar-refractivity contribution in [2.45, 2.75) is 6.92 Å². The zero-order chi connectivity index (χ0) is 15.0. The molecule has 3 N–H and O–H groups in total. The highest BCUT2D eigenvalue weighted by Crippen LogP contribution is 2.10. The third-order valence-corrected chi connectivity index (χ3v) is 2.24. The van der Waals surface area contributed by atoms with E-state index in [9.17, 15) is 14.0 Å². The fourth-order valence-electron chi connectivity index (χ4n) is 1.39. The van der Waals surface area contributed by atoms with Crippen molar-refractivity contribution in [2.24, 2.45) is 5.73 Å². The van der Waals surface area contributed by atoms with Gasteiger partial charge in [-0.1, -0.05) is 11.8 Å². The summed E-state index contributed by atoms with van der Waals surface area (Å²) in [6.45, 7) is 1.72. The van der Waals surface area contributed by atoms with Crippen molar-refractivity contribution in [1.29, 1.82) is 0 Å². The molecular formula is C14H15FN2O3. The quantitative estimate of drug-likeness (QED) is 0.618. The van der Waals surface area contributed by atoms with Gasteiger partial charge in [0.1, 0.15) is 12.4 Å². The van der Waals surface area contributed by atoms with Crippen LogP contribution in [0.4, 0.5) is 4.39 Å². The molecule has 0 aliphatic rings. The molecule has 1 aromatic rings. The Hall–Kier alpha value is -2.39. The topological polar surface area (TPSA) is 81.4 Å². The first-order chi connectivity index (χ1) is 9.58. The Bertz CT molecular complexity index is 561. The largest absolute Gasteiger partial charge is 0.465 e. The van der Waals surface area contributed by atoms with E-state index >= 15 is 0 Å². The fourth-order valence-corrected chi connectivity index (χ4v) is 1.39. The highest BCUT2D eigenvalue weighted by Gasteiger charge is 2.13. The van der Waals surface area contributed by atoms with Crippen LogP contribution in [0.25, 0.3) is 0 Å². The molecule has 0 aliphatic heterocycles. The molecule has 1 amide bonds. The van der Waals surface area contributed by atoms with Gasteiger partial charge in [0.25, 0.3) is 5.91 Å². The van der Waals surface area contributed by atoms with Crippen LogP contribution in [-0.4, -0.2) is 31.6 Å². The predicted molar refractivity (Wildman–Crippen MR) is 71.3 cm³/mol. The number of hydrogen-bond acceptors (Lipinski definition) is 4. The SMILES string of the molecule is CCOC(=O)CNC(=O)c1cc(C#CCN)ccc1F. The number of nitrogens with one attached hydrogen (secondary N) is 1. The number of esters is 1. The van der Waals surface area contributed by atoms with Gasteiger partial charge in [0.15, 0.2) is 0 Å². The molecule has 5 nitrogen and oxygen atoms in total. The van der Waals surface area contributed by atoms with E-state index in [4.69, 9.17) is 5.73 Å². The number of nitrogens with two attached hydrogens (primary N) is 1. The standard InChI is InChI=1S/C14H15FN2O3/c1-2-20-13(18)9-17-14(19)11-8-10(4-3-7-16)5-6-12(11)15/h5-6,8H,2,7,9,16H2,1H3,(H,17,19). The summed E-state index contributed by atoms with van der Waals surface area (Å²) in [6.07, 6.45) is 0. The number of carbonyl (C=O) groups excluding carboxylic acids is 2. The van der Waals surface area contributed by atoms with E-state index in [1.807, 2.05) is 0 Å². The first-order valence-electron chi connectivity index (χ1n) is 6.00. The van der Waals surface area contributed by atoms with Gasteiger partial charge in [-0.2, -0.15) is 0 Å². The van der Waals surface area contributed by atoms with Crippen LogP contribution >= 0.6 is 0 Å². The molecule has 0 atom stereocenters. The van der Waals surface area contributed by atoms with Crippen molar-refractivity contribution in [2.75, 3.05) is 19.7 Å². The van der Waals surface area contributed by atoms with Gasteiger partial charge in [-0.05, 0) is 25.1 Å². The van der Waals surface area contributed by atoms with Crippen LogP contribution in [0.5, 0.6) is 0 Å². The Morgan fingerprint density at radius 1 is 1.45 bits per heavy atom. The molecule has 1 rings (SSSR count). The molecule has 0 aliphatic carbocycles. The average Bonchev–Trinajstić information content (AvgIpc) is 2.44. The maximum absolute atomic E-state index is 13.6. The second-order valence-electron chi connectivity index (χ2n) is 3.69. The molecule has 0 spiro atoms. The van der Waals surface area contributed by atoms with Gasteiger partial charge in [0.05, 0.1) is 18.7 Å². The Balaban J connectivity index is 2.79. The molecule has 0 radical (unpaired) electrons. The Kier molecular flexibility index (Phi) is 6.20. The van der Waals surface area contributed by atoms with Crippen LogP contribution in [-0.2, 0) is 9.53 Å². The number of ether oxygens (including phenoxy) is 1. The van der Waals surface area contributed by atoms with E-state index < -0.39 is 17.7 Å². The summed E-state index contributed by atoms with van der Waals surface area (Å²) >= 11 is 0. The smallest absolute Gasteiger partial charge is 0.325 e. The maximum atomic E-state index is 13.6. The van der Waals surface area contributed by atoms with Gasteiger partial charge in [-0.3, -0.25) is 9.59 Å². The Morgan fingerprint density at radius 3 is 2.85 bits per heavy atom. The van der Waals surface area contributed by atoms with E-state index in [1.165, 1.54) is 12.1 Å². The number of benzene rings is 1. The summed E-state index contributed by atoms with van der Waals surface area (Å²) in [6, 6.07) is 3.89. The van der Waals surface area contributed by atoms with Crippen LogP contribution in [0.3, 0.4) is 0 Å². The predicted octanol–water partition coefficient (Wildman–Crippen LogP) is 0.429. The molecule has 0 saturated carbocycles. The summed E-state index contributed by atoms with van der Waals surface area (Å²) < 4.78 is 18.2. The minimum Gasteiger partial charge on any atom is -0.465 e. The molecule has 106 valence electrons. The third-order valence-electron chi connectivity index (χ3n) is 2.24. The van der Waals surface area contributed by atoms with Crippen molar-refractivity contribution in [1.82, 2.24) is 5.32 Å². The lowest BCUT2D eigenvalue weighted by molar-refractivity contribution is -0.141. The summed E-state index contributed by atoms with van der Waals surface area (Å²) in [5.74, 6) is 3.33. The molecule has 1 aromatic carbocycles. The molecular weight excluding hydrogens is 263 g/mol. The van der Waals surface area contributed by atoms with E-state index in [2.05, 4.69) is 21.9 Å². The zero-order valence-corrected chi connectivity index (χ0v) is 11.0. The summed E-state index contributed by atoms with van der Waals surface area (Å²) in [5.41, 5.74) is 5.52. The molecule has 0 bridgehead atoms. The molecule has 0 heterocycles. The molecule has 20 heavy (non-hydrogen) atoms. The van der Waals surface area contributed by atoms with Gasteiger partial charge >= 0.3 is 5.97 Å². The zero-order valence-electron chi connectivity index (χ0n) is 11.0. The Labute approximate surface area is 116 Å². The minimum absolute atomic E-state index is 0.168. The van der Waals surface area contributed by atoms with Crippen molar-refractivity contribution in [3.05, 3.63) is 35.1 Å². The first kappa shape index (κ1) is 15.7. The number of amides is 1. The summed E-state index contributed by atoms with van der Waals surface area (Å²) in [5, 5.41) is 2.28. The molecule has 0 unspecified atom stereocenters. The van der Waals surface area contributed by atoms with Crippen LogP contribution in [0.15, 0.2) is 18.2 Å². The lowest BCUT2D eigenvalue weighted by atomic mass is 10.1. The average molecular weight is 278 g/mol. The van der Waals surface area contributed by atoms with Crippen molar-refractivity contribution < 1.29 is 18.7 Å². The summed E-state index contributed by atoms with van der Waals surface area (Å²) in [7, 11) is 0. The van der Waals surface area contributed by atoms with Crippen molar-refractivity contribution in [3.8, 4) is 11.8 Å². The molecule has 6 heteroatoms. The molecule has 0 saturated heterocycles. The van der Waals surface area contributed by atoms with Gasteiger partial charge in [0.2, 0.25) is 0 Å². The van der Waals surface area contributed by atoms with Gasteiger partial charge in [-0.15, -0.1) is 0 Å². The van der Waals surface area contributed by atoms with E-state index in [0.29, 0.717) is 5.56 Å². The molecule has 0 fully saturated rings. The fraction of sp³-hybridized carbons (Fsp3) is 0.286. The Morgan fingerprint density at radius 2 is 2.20 bits per heavy atom. The van der Waals surface area contributed by atoms with Crippen LogP contribution in [0, 0.1) is 17.7 Å². The van der Waals surface area contributed by atoms with Gasteiger partial charge in [-0.25, -0.2) is 4.39 Å². The lowest BCUT2D eigenvalue weighted by Crippen LogP contribution is -2.31. The van der Waals surface area contributed by atoms with Crippen LogP contribution in [0.1, 0.15) is 22.8 Å². The highest BCUT2D eigenvalue weighted by molar-refractivity contribution is 5.96. The van der Waals surface area contributed by atoms with Gasteiger partial charge in [0, 0.05) is 5.56 Å².